The summed E-state index contributed by atoms with van der Waals surface area (Å²) in [5, 5.41) is 7.60. The van der Waals surface area contributed by atoms with Gasteiger partial charge in [0.25, 0.3) is 0 Å². The Morgan fingerprint density at radius 3 is 2.70 bits per heavy atom. The first-order valence-electron chi connectivity index (χ1n) is 8.97. The molecule has 0 aliphatic carbocycles. The van der Waals surface area contributed by atoms with Gasteiger partial charge in [-0.15, -0.1) is 0 Å². The van der Waals surface area contributed by atoms with E-state index in [1.807, 2.05) is 33.8 Å². The summed E-state index contributed by atoms with van der Waals surface area (Å²) in [6.45, 7) is 3.01. The fourth-order valence-electron chi connectivity index (χ4n) is 3.14. The van der Waals surface area contributed by atoms with E-state index in [4.69, 9.17) is 19.3 Å². The van der Waals surface area contributed by atoms with E-state index in [0.717, 1.165) is 29.9 Å². The van der Waals surface area contributed by atoms with Gasteiger partial charge in [0.1, 0.15) is 0 Å². The van der Waals surface area contributed by atoms with E-state index in [9.17, 15) is 4.79 Å². The Kier molecular flexibility index (Phi) is 6.18. The fourth-order valence-corrected chi connectivity index (χ4v) is 3.14. The minimum Gasteiger partial charge on any atom is -0.493 e. The minimum atomic E-state index is -0.0747. The van der Waals surface area contributed by atoms with Crippen LogP contribution in [-0.2, 0) is 17.8 Å². The predicted molar refractivity (Wildman–Crippen MR) is 101 cm³/mol. The van der Waals surface area contributed by atoms with Crippen LogP contribution in [-0.4, -0.2) is 61.7 Å². The van der Waals surface area contributed by atoms with Crippen molar-refractivity contribution in [2.45, 2.75) is 19.5 Å². The van der Waals surface area contributed by atoms with Crippen LogP contribution in [0.2, 0.25) is 0 Å². The van der Waals surface area contributed by atoms with Crippen molar-refractivity contribution in [3.63, 3.8) is 0 Å². The molecule has 0 radical (unpaired) electrons. The highest BCUT2D eigenvalue weighted by atomic mass is 16.5. The molecule has 2 aromatic rings. The summed E-state index contributed by atoms with van der Waals surface area (Å²) in [4.78, 5) is 14.2. The molecule has 8 heteroatoms. The first-order valence-corrected chi connectivity index (χ1v) is 8.97. The first-order chi connectivity index (χ1) is 13.2. The molecule has 1 aromatic heterocycles. The van der Waals surface area contributed by atoms with Crippen molar-refractivity contribution >= 4 is 6.03 Å². The molecule has 0 bridgehead atoms. The van der Waals surface area contributed by atoms with E-state index in [1.165, 1.54) is 0 Å². The van der Waals surface area contributed by atoms with Crippen LogP contribution in [0.15, 0.2) is 24.3 Å². The number of aryl methyl sites for hydroxylation is 1. The van der Waals surface area contributed by atoms with E-state index in [1.54, 1.807) is 21.3 Å². The molecule has 8 nitrogen and oxygen atoms in total. The molecule has 0 saturated heterocycles. The predicted octanol–water partition coefficient (Wildman–Crippen LogP) is 2.13. The zero-order valence-corrected chi connectivity index (χ0v) is 16.0. The Balaban J connectivity index is 1.78. The zero-order chi connectivity index (χ0) is 19.2. The van der Waals surface area contributed by atoms with Crippen molar-refractivity contribution in [3.8, 4) is 22.8 Å². The maximum Gasteiger partial charge on any atom is 0.317 e. The minimum absolute atomic E-state index is 0.0747. The summed E-state index contributed by atoms with van der Waals surface area (Å²) in [7, 11) is 4.85. The smallest absolute Gasteiger partial charge is 0.317 e. The quantitative estimate of drug-likeness (QED) is 0.784. The normalized spacial score (nSPS) is 13.7. The summed E-state index contributed by atoms with van der Waals surface area (Å²) in [5.74, 6) is 1.35. The number of benzene rings is 1. The Bertz CT molecular complexity index is 790. The Hall–Kier alpha value is -2.74. The third kappa shape index (κ3) is 4.33. The van der Waals surface area contributed by atoms with Crippen LogP contribution in [0.4, 0.5) is 4.79 Å². The summed E-state index contributed by atoms with van der Waals surface area (Å²) in [6.07, 6.45) is 0.859. The van der Waals surface area contributed by atoms with Crippen molar-refractivity contribution in [1.29, 1.82) is 0 Å². The summed E-state index contributed by atoms with van der Waals surface area (Å²) >= 11 is 0. The van der Waals surface area contributed by atoms with Crippen LogP contribution in [0.5, 0.6) is 11.5 Å². The molecule has 0 saturated carbocycles. The lowest BCUT2D eigenvalue weighted by molar-refractivity contribution is 0.178. The number of hydrogen-bond acceptors (Lipinski definition) is 5. The largest absolute Gasteiger partial charge is 0.493 e. The van der Waals surface area contributed by atoms with Gasteiger partial charge < -0.3 is 24.4 Å². The number of methoxy groups -OCH3 is 3. The van der Waals surface area contributed by atoms with Gasteiger partial charge in [-0.1, -0.05) is 0 Å². The summed E-state index contributed by atoms with van der Waals surface area (Å²) in [5.41, 5.74) is 2.82. The van der Waals surface area contributed by atoms with Crippen LogP contribution < -0.4 is 14.8 Å². The lowest BCUT2D eigenvalue weighted by Crippen LogP contribution is -2.40. The van der Waals surface area contributed by atoms with Gasteiger partial charge in [-0.05, 0) is 30.7 Å². The number of rotatable bonds is 6. The molecule has 3 rings (SSSR count). The van der Waals surface area contributed by atoms with Crippen molar-refractivity contribution in [3.05, 3.63) is 30.0 Å². The zero-order valence-electron chi connectivity index (χ0n) is 16.0. The maximum absolute atomic E-state index is 12.4. The van der Waals surface area contributed by atoms with Gasteiger partial charge in [-0.25, -0.2) is 4.79 Å². The molecule has 1 N–H and O–H groups in total. The van der Waals surface area contributed by atoms with Gasteiger partial charge in [0.15, 0.2) is 11.5 Å². The SMILES string of the molecule is COCCNC(=O)N1CCCn2nc(-c3ccc(OC)c(OC)c3)cc2C1. The van der Waals surface area contributed by atoms with Crippen LogP contribution >= 0.6 is 0 Å². The number of nitrogens with one attached hydrogen (secondary N) is 1. The summed E-state index contributed by atoms with van der Waals surface area (Å²) in [6, 6.07) is 7.69. The lowest BCUT2D eigenvalue weighted by atomic mass is 10.1. The Morgan fingerprint density at radius 2 is 1.96 bits per heavy atom. The van der Waals surface area contributed by atoms with Gasteiger partial charge in [0, 0.05) is 32.3 Å². The van der Waals surface area contributed by atoms with Gasteiger partial charge in [0.2, 0.25) is 0 Å². The molecule has 2 heterocycles. The van der Waals surface area contributed by atoms with Crippen LogP contribution in [0.1, 0.15) is 12.1 Å². The molecular formula is C19H26N4O4. The van der Waals surface area contributed by atoms with Gasteiger partial charge in [-0.3, -0.25) is 4.68 Å². The second-order valence-electron chi connectivity index (χ2n) is 6.31. The van der Waals surface area contributed by atoms with E-state index in [2.05, 4.69) is 5.32 Å². The molecule has 1 aliphatic heterocycles. The number of carbonyl (C=O) groups excluding carboxylic acids is 1. The van der Waals surface area contributed by atoms with Gasteiger partial charge >= 0.3 is 6.03 Å². The van der Waals surface area contributed by atoms with Crippen molar-refractivity contribution in [1.82, 2.24) is 20.0 Å². The van der Waals surface area contributed by atoms with Gasteiger partial charge in [0.05, 0.1) is 38.8 Å². The average molecular weight is 374 g/mol. The van der Waals surface area contributed by atoms with E-state index < -0.39 is 0 Å². The van der Waals surface area contributed by atoms with Crippen LogP contribution in [0.25, 0.3) is 11.3 Å². The Labute approximate surface area is 159 Å². The molecule has 0 unspecified atom stereocenters. The fraction of sp³-hybridized carbons (Fsp3) is 0.474. The number of nitrogens with zero attached hydrogens (tertiary/aromatic N) is 3. The number of hydrogen-bond donors (Lipinski definition) is 1. The average Bonchev–Trinajstić information content (AvgIpc) is 2.98. The first kappa shape index (κ1) is 19.0. The molecule has 1 aliphatic rings. The van der Waals surface area contributed by atoms with E-state index in [-0.39, 0.29) is 6.03 Å². The molecular weight excluding hydrogens is 348 g/mol. The third-order valence-electron chi connectivity index (χ3n) is 4.56. The molecule has 0 fully saturated rings. The number of amides is 2. The highest BCUT2D eigenvalue weighted by Gasteiger charge is 2.21. The second-order valence-corrected chi connectivity index (χ2v) is 6.31. The van der Waals surface area contributed by atoms with Crippen molar-refractivity contribution < 1.29 is 19.0 Å². The summed E-state index contributed by atoms with van der Waals surface area (Å²) < 4.78 is 17.6. The van der Waals surface area contributed by atoms with Crippen LogP contribution in [0, 0.1) is 0 Å². The molecule has 27 heavy (non-hydrogen) atoms. The molecule has 2 amide bonds. The number of ether oxygens (including phenoxy) is 3. The molecule has 1 aromatic carbocycles. The van der Waals surface area contributed by atoms with Crippen molar-refractivity contribution in [2.75, 3.05) is 41.0 Å². The highest BCUT2D eigenvalue weighted by Crippen LogP contribution is 2.32. The highest BCUT2D eigenvalue weighted by molar-refractivity contribution is 5.74. The van der Waals surface area contributed by atoms with E-state index in [0.29, 0.717) is 37.7 Å². The van der Waals surface area contributed by atoms with Gasteiger partial charge in [-0.2, -0.15) is 5.10 Å². The lowest BCUT2D eigenvalue weighted by Gasteiger charge is -2.20. The van der Waals surface area contributed by atoms with Crippen LogP contribution in [0.3, 0.4) is 0 Å². The second kappa shape index (κ2) is 8.77. The molecule has 0 atom stereocenters. The Morgan fingerprint density at radius 1 is 1.15 bits per heavy atom. The maximum atomic E-state index is 12.4. The number of carbonyl (C=O) groups is 1. The number of aromatic nitrogens is 2. The number of urea groups is 1. The molecule has 0 spiro atoms. The molecule has 146 valence electrons. The standard InChI is InChI=1S/C19H26N4O4/c1-25-10-7-20-19(24)22-8-4-9-23-15(13-22)12-16(21-23)14-5-6-17(26-2)18(11-14)27-3/h5-6,11-12H,4,7-10,13H2,1-3H3,(H,20,24). The monoisotopic (exact) mass is 374 g/mol. The van der Waals surface area contributed by atoms with E-state index >= 15 is 0 Å². The number of fused-ring (bicyclic) bond motifs is 1. The van der Waals surface area contributed by atoms with Crippen molar-refractivity contribution in [2.24, 2.45) is 0 Å². The third-order valence-corrected chi connectivity index (χ3v) is 4.56. The topological polar surface area (TPSA) is 77.9 Å².